The fourth-order valence-corrected chi connectivity index (χ4v) is 3.32. The smallest absolute Gasteiger partial charge is 0.0443 e. The first-order valence-corrected chi connectivity index (χ1v) is 10.6. The van der Waals surface area contributed by atoms with Gasteiger partial charge in [0.2, 0.25) is 0 Å². The lowest BCUT2D eigenvalue weighted by Gasteiger charge is -2.11. The second-order valence-electron chi connectivity index (χ2n) is 7.49. The van der Waals surface area contributed by atoms with Gasteiger partial charge in [0.05, 0.1) is 0 Å². The van der Waals surface area contributed by atoms with Gasteiger partial charge in [-0.2, -0.15) is 0 Å². The zero-order valence-corrected chi connectivity index (χ0v) is 16.0. The van der Waals surface area contributed by atoms with Crippen LogP contribution in [0.5, 0.6) is 0 Å². The van der Waals surface area contributed by atoms with E-state index in [1.54, 1.807) is 0 Å². The van der Waals surface area contributed by atoms with E-state index in [4.69, 9.17) is 0 Å². The number of hydrogen-bond donors (Lipinski definition) is 0. The molecule has 1 radical (unpaired) electrons. The molecule has 0 saturated heterocycles. The average molecular weight is 310 g/mol. The van der Waals surface area contributed by atoms with Crippen LogP contribution in [0.2, 0.25) is 0 Å². The lowest BCUT2D eigenvalue weighted by atomic mass is 9.96. The Morgan fingerprint density at radius 2 is 0.909 bits per heavy atom. The van der Waals surface area contributed by atoms with E-state index in [1.807, 2.05) is 0 Å². The summed E-state index contributed by atoms with van der Waals surface area (Å²) >= 11 is 0. The van der Waals surface area contributed by atoms with E-state index >= 15 is 0 Å². The molecule has 1 unspecified atom stereocenters. The summed E-state index contributed by atoms with van der Waals surface area (Å²) in [4.78, 5) is 0. The van der Waals surface area contributed by atoms with E-state index in [0.717, 1.165) is 12.3 Å². The van der Waals surface area contributed by atoms with Gasteiger partial charge in [-0.25, -0.2) is 0 Å². The maximum atomic E-state index is 3.90. The molecule has 0 aromatic carbocycles. The first-order chi connectivity index (χ1) is 10.8. The molecule has 0 aliphatic heterocycles. The molecule has 0 saturated carbocycles. The van der Waals surface area contributed by atoms with E-state index in [2.05, 4.69) is 20.8 Å². The molecule has 133 valence electrons. The van der Waals surface area contributed by atoms with Crippen LogP contribution < -0.4 is 0 Å². The van der Waals surface area contributed by atoms with Crippen LogP contribution in [0.3, 0.4) is 0 Å². The fraction of sp³-hybridized carbons (Fsp3) is 0.955. The monoisotopic (exact) mass is 309 g/mol. The Balaban J connectivity index is 3.11. The topological polar surface area (TPSA) is 0 Å². The maximum absolute atomic E-state index is 3.90. The van der Waals surface area contributed by atoms with Crippen molar-refractivity contribution in [2.45, 2.75) is 129 Å². The molecule has 0 aromatic rings. The molecular formula is C22H45. The van der Waals surface area contributed by atoms with Crippen LogP contribution in [0, 0.1) is 12.8 Å². The summed E-state index contributed by atoms with van der Waals surface area (Å²) in [5.74, 6) is 0.965. The van der Waals surface area contributed by atoms with Crippen molar-refractivity contribution in [2.24, 2.45) is 5.92 Å². The molecule has 1 atom stereocenters. The number of unbranched alkanes of at least 4 members (excludes halogenated alkanes) is 14. The molecule has 0 heteroatoms. The lowest BCUT2D eigenvalue weighted by Crippen LogP contribution is -1.95. The third-order valence-corrected chi connectivity index (χ3v) is 5.00. The molecule has 22 heavy (non-hydrogen) atoms. The quantitative estimate of drug-likeness (QED) is 0.223. The highest BCUT2D eigenvalue weighted by Crippen LogP contribution is 2.18. The van der Waals surface area contributed by atoms with Gasteiger partial charge in [0.1, 0.15) is 0 Å². The highest BCUT2D eigenvalue weighted by atomic mass is 14.1. The largest absolute Gasteiger partial charge is 0.0654 e. The molecule has 0 amide bonds. The van der Waals surface area contributed by atoms with Crippen LogP contribution in [-0.2, 0) is 0 Å². The molecule has 0 aliphatic rings. The minimum absolute atomic E-state index is 0.965. The van der Waals surface area contributed by atoms with Crippen molar-refractivity contribution in [1.82, 2.24) is 0 Å². The molecule has 0 nitrogen and oxygen atoms in total. The summed E-state index contributed by atoms with van der Waals surface area (Å²) in [6, 6.07) is 0. The summed E-state index contributed by atoms with van der Waals surface area (Å²) in [5, 5.41) is 0. The SMILES string of the molecule is [CH2]CCCCCCCCCCC(C)CCCCCCCCC. The van der Waals surface area contributed by atoms with Crippen molar-refractivity contribution in [3.05, 3.63) is 6.92 Å². The van der Waals surface area contributed by atoms with Crippen LogP contribution in [0.1, 0.15) is 129 Å². The standard InChI is InChI=1S/C22H45/c1-4-6-8-10-12-13-15-17-19-21-22(3)20-18-16-14-11-9-7-5-2/h22H,1,4-21H2,2-3H3. The van der Waals surface area contributed by atoms with Gasteiger partial charge >= 0.3 is 0 Å². The van der Waals surface area contributed by atoms with Crippen molar-refractivity contribution in [1.29, 1.82) is 0 Å². The van der Waals surface area contributed by atoms with Gasteiger partial charge in [-0.05, 0) is 5.92 Å². The Morgan fingerprint density at radius 1 is 0.545 bits per heavy atom. The van der Waals surface area contributed by atoms with Crippen LogP contribution in [0.15, 0.2) is 0 Å². The van der Waals surface area contributed by atoms with Gasteiger partial charge < -0.3 is 0 Å². The van der Waals surface area contributed by atoms with E-state index in [-0.39, 0.29) is 0 Å². The fourth-order valence-electron chi connectivity index (χ4n) is 3.32. The Hall–Kier alpha value is 0. The van der Waals surface area contributed by atoms with Gasteiger partial charge in [0, 0.05) is 0 Å². The van der Waals surface area contributed by atoms with Gasteiger partial charge in [0.15, 0.2) is 0 Å². The van der Waals surface area contributed by atoms with Gasteiger partial charge in [0.25, 0.3) is 0 Å². The molecule has 0 aliphatic carbocycles. The molecule has 0 aromatic heterocycles. The molecule has 0 spiro atoms. The molecule has 0 rings (SSSR count). The Bertz CT molecular complexity index is 184. The highest BCUT2D eigenvalue weighted by Gasteiger charge is 2.02. The van der Waals surface area contributed by atoms with E-state index in [0.29, 0.717) is 0 Å². The average Bonchev–Trinajstić information content (AvgIpc) is 2.52. The summed E-state index contributed by atoms with van der Waals surface area (Å²) in [6.07, 6.45) is 25.7. The predicted molar refractivity (Wildman–Crippen MR) is 103 cm³/mol. The first-order valence-electron chi connectivity index (χ1n) is 10.6. The van der Waals surface area contributed by atoms with Gasteiger partial charge in [-0.1, -0.05) is 136 Å². The van der Waals surface area contributed by atoms with Crippen molar-refractivity contribution >= 4 is 0 Å². The van der Waals surface area contributed by atoms with Crippen LogP contribution >= 0.6 is 0 Å². The zero-order valence-electron chi connectivity index (χ0n) is 16.0. The van der Waals surface area contributed by atoms with Crippen molar-refractivity contribution < 1.29 is 0 Å². The Labute approximate surface area is 142 Å². The summed E-state index contributed by atoms with van der Waals surface area (Å²) < 4.78 is 0. The van der Waals surface area contributed by atoms with E-state index < -0.39 is 0 Å². The normalized spacial score (nSPS) is 12.7. The molecule has 0 N–H and O–H groups in total. The number of hydrogen-bond acceptors (Lipinski definition) is 0. The minimum atomic E-state index is 0.965. The second kappa shape index (κ2) is 19.0. The highest BCUT2D eigenvalue weighted by molar-refractivity contribution is 4.56. The minimum Gasteiger partial charge on any atom is -0.0654 e. The lowest BCUT2D eigenvalue weighted by molar-refractivity contribution is 0.430. The van der Waals surface area contributed by atoms with Gasteiger partial charge in [-0.3, -0.25) is 0 Å². The third kappa shape index (κ3) is 18.1. The van der Waals surface area contributed by atoms with Crippen LogP contribution in [-0.4, -0.2) is 0 Å². The second-order valence-corrected chi connectivity index (χ2v) is 7.49. The molecule has 0 heterocycles. The van der Waals surface area contributed by atoms with Crippen molar-refractivity contribution in [3.63, 3.8) is 0 Å². The van der Waals surface area contributed by atoms with Crippen LogP contribution in [0.25, 0.3) is 0 Å². The van der Waals surface area contributed by atoms with Crippen LogP contribution in [0.4, 0.5) is 0 Å². The van der Waals surface area contributed by atoms with E-state index in [1.165, 1.54) is 109 Å². The van der Waals surface area contributed by atoms with Crippen molar-refractivity contribution in [2.75, 3.05) is 0 Å². The molecule has 0 fully saturated rings. The maximum Gasteiger partial charge on any atom is -0.0443 e. The number of rotatable bonds is 18. The molecule has 0 bridgehead atoms. The van der Waals surface area contributed by atoms with Crippen molar-refractivity contribution in [3.8, 4) is 0 Å². The van der Waals surface area contributed by atoms with E-state index in [9.17, 15) is 0 Å². The predicted octanol–water partition coefficient (Wildman–Crippen LogP) is 8.50. The Morgan fingerprint density at radius 3 is 1.32 bits per heavy atom. The first kappa shape index (κ1) is 22.0. The zero-order chi connectivity index (χ0) is 16.3. The summed E-state index contributed by atoms with van der Waals surface area (Å²) in [5.41, 5.74) is 0. The Kier molecular flexibility index (Phi) is 19.0. The van der Waals surface area contributed by atoms with Gasteiger partial charge in [-0.15, -0.1) is 0 Å². The third-order valence-electron chi connectivity index (χ3n) is 5.00. The molecular weight excluding hydrogens is 264 g/mol. The summed E-state index contributed by atoms with van der Waals surface area (Å²) in [6.45, 7) is 8.67. The summed E-state index contributed by atoms with van der Waals surface area (Å²) in [7, 11) is 0.